The average molecular weight is 305 g/mol. The molecule has 0 rings (SSSR count). The molecule has 0 aliphatic carbocycles. The van der Waals surface area contributed by atoms with Crippen molar-refractivity contribution in [2.45, 2.75) is 85.0 Å². The van der Waals surface area contributed by atoms with Gasteiger partial charge in [0.15, 0.2) is 0 Å². The lowest BCUT2D eigenvalue weighted by atomic mass is 9.78. The number of amidine groups is 1. The molecule has 0 amide bonds. The van der Waals surface area contributed by atoms with Gasteiger partial charge in [-0.15, -0.1) is 0 Å². The van der Waals surface area contributed by atoms with Gasteiger partial charge in [0.25, 0.3) is 0 Å². The molecule has 0 unspecified atom stereocenters. The van der Waals surface area contributed by atoms with Gasteiger partial charge in [0.05, 0.1) is 0 Å². The minimum atomic E-state index is 0.0508. The Morgan fingerprint density at radius 1 is 0.909 bits per heavy atom. The van der Waals surface area contributed by atoms with Crippen molar-refractivity contribution >= 4 is 12.1 Å². The van der Waals surface area contributed by atoms with Crippen molar-refractivity contribution < 1.29 is 0 Å². The first-order chi connectivity index (χ1) is 10.6. The molecule has 0 atom stereocenters. The van der Waals surface area contributed by atoms with Gasteiger partial charge >= 0.3 is 0 Å². The third kappa shape index (κ3) is 8.96. The first-order valence-electron chi connectivity index (χ1n) is 8.98. The molecule has 0 bridgehead atoms. The Morgan fingerprint density at radius 2 is 1.45 bits per heavy atom. The number of nitrogens with zero attached hydrogens (tertiary/aromatic N) is 2. The molecule has 0 saturated carbocycles. The minimum absolute atomic E-state index is 0.0508. The van der Waals surface area contributed by atoms with E-state index >= 15 is 0 Å². The molecular weight excluding hydrogens is 268 g/mol. The molecule has 2 heteroatoms. The van der Waals surface area contributed by atoms with Gasteiger partial charge < -0.3 is 0 Å². The Labute approximate surface area is 138 Å². The van der Waals surface area contributed by atoms with Gasteiger partial charge in [-0.25, -0.2) is 9.98 Å². The van der Waals surface area contributed by atoms with Crippen LogP contribution in [0.15, 0.2) is 35.4 Å². The highest BCUT2D eigenvalue weighted by Gasteiger charge is 2.29. The second-order valence-corrected chi connectivity index (χ2v) is 6.33. The van der Waals surface area contributed by atoms with Gasteiger partial charge in [-0.05, 0) is 12.8 Å². The van der Waals surface area contributed by atoms with Crippen molar-refractivity contribution in [3.63, 3.8) is 0 Å². The Hall–Kier alpha value is -1.18. The predicted molar refractivity (Wildman–Crippen MR) is 102 cm³/mol. The molecule has 0 N–H and O–H groups in total. The van der Waals surface area contributed by atoms with E-state index in [4.69, 9.17) is 0 Å². The van der Waals surface area contributed by atoms with E-state index in [0.29, 0.717) is 0 Å². The molecule has 0 aromatic heterocycles. The normalized spacial score (nSPS) is 12.8. The van der Waals surface area contributed by atoms with Gasteiger partial charge in [-0.3, -0.25) is 0 Å². The maximum Gasteiger partial charge on any atom is 0.134 e. The number of rotatable bonds is 13. The van der Waals surface area contributed by atoms with Crippen LogP contribution in [-0.4, -0.2) is 12.1 Å². The van der Waals surface area contributed by atoms with Crippen LogP contribution < -0.4 is 0 Å². The molecule has 0 spiro atoms. The van der Waals surface area contributed by atoms with Crippen LogP contribution in [0.2, 0.25) is 0 Å². The second-order valence-electron chi connectivity index (χ2n) is 6.33. The van der Waals surface area contributed by atoms with Crippen molar-refractivity contribution in [1.82, 2.24) is 0 Å². The first-order valence-corrected chi connectivity index (χ1v) is 8.98. The molecule has 0 aliphatic rings. The van der Waals surface area contributed by atoms with Gasteiger partial charge in [0.1, 0.15) is 5.84 Å². The average Bonchev–Trinajstić information content (AvgIpc) is 2.52. The van der Waals surface area contributed by atoms with Crippen molar-refractivity contribution in [3.8, 4) is 0 Å². The third-order valence-corrected chi connectivity index (χ3v) is 4.22. The maximum absolute atomic E-state index is 4.54. The largest absolute Gasteiger partial charge is 0.241 e. The van der Waals surface area contributed by atoms with Crippen LogP contribution in [0.5, 0.6) is 0 Å². The summed E-state index contributed by atoms with van der Waals surface area (Å²) in [5.41, 5.74) is 0.0508. The third-order valence-electron chi connectivity index (χ3n) is 4.22. The Bertz CT molecular complexity index is 341. The number of aliphatic imine (C=N–C) groups is 2. The lowest BCUT2D eigenvalue weighted by molar-refractivity contribution is 0.355. The van der Waals surface area contributed by atoms with E-state index in [1.54, 1.807) is 18.5 Å². The van der Waals surface area contributed by atoms with Crippen LogP contribution in [0, 0.1) is 5.41 Å². The van der Waals surface area contributed by atoms with Crippen molar-refractivity contribution in [1.29, 1.82) is 0 Å². The van der Waals surface area contributed by atoms with Crippen LogP contribution in [0.4, 0.5) is 0 Å². The van der Waals surface area contributed by atoms with Crippen LogP contribution in [0.25, 0.3) is 0 Å². The molecule has 0 aromatic rings. The molecule has 0 aromatic carbocycles. The highest BCUT2D eigenvalue weighted by atomic mass is 14.9. The first kappa shape index (κ1) is 20.8. The van der Waals surface area contributed by atoms with Crippen molar-refractivity contribution in [2.75, 3.05) is 0 Å². The predicted octanol–water partition coefficient (Wildman–Crippen LogP) is 6.73. The molecule has 0 aliphatic heterocycles. The molecule has 0 radical (unpaired) electrons. The highest BCUT2D eigenvalue weighted by molar-refractivity contribution is 5.96. The summed E-state index contributed by atoms with van der Waals surface area (Å²) in [6.07, 6.45) is 17.7. The molecule has 0 heterocycles. The van der Waals surface area contributed by atoms with E-state index in [2.05, 4.69) is 43.9 Å². The van der Waals surface area contributed by atoms with E-state index in [1.807, 2.05) is 0 Å². The van der Waals surface area contributed by atoms with E-state index in [-0.39, 0.29) is 5.41 Å². The van der Waals surface area contributed by atoms with Crippen LogP contribution in [0.3, 0.4) is 0 Å². The number of hydrogen-bond donors (Lipinski definition) is 0. The van der Waals surface area contributed by atoms with Crippen LogP contribution >= 0.6 is 0 Å². The zero-order valence-electron chi connectivity index (χ0n) is 15.1. The standard InChI is InChI=1S/C20H36N2/c1-6-10-12-14-16-20(5,17-15-13-11-7-2)19(21-9-4)22-18-8-3/h8-9,18H,3-4,6-7,10-17H2,1-2,5H3/b21-19-,22-18-. The number of hydrogen-bond acceptors (Lipinski definition) is 1. The Morgan fingerprint density at radius 3 is 1.86 bits per heavy atom. The van der Waals surface area contributed by atoms with Gasteiger partial charge in [0, 0.05) is 17.8 Å². The van der Waals surface area contributed by atoms with E-state index < -0.39 is 0 Å². The summed E-state index contributed by atoms with van der Waals surface area (Å²) in [6, 6.07) is 0. The SMILES string of the molecule is C=C/C=N\C(=N/C=C)C(C)(CCCCCC)CCCCCC. The fraction of sp³-hybridized carbons (Fsp3) is 0.700. The number of allylic oxidation sites excluding steroid dienone is 1. The molecule has 22 heavy (non-hydrogen) atoms. The summed E-state index contributed by atoms with van der Waals surface area (Å²) >= 11 is 0. The Kier molecular flexibility index (Phi) is 12.8. The second kappa shape index (κ2) is 13.5. The molecule has 2 nitrogen and oxygen atoms in total. The highest BCUT2D eigenvalue weighted by Crippen LogP contribution is 2.34. The topological polar surface area (TPSA) is 24.7 Å². The van der Waals surface area contributed by atoms with Gasteiger partial charge in [-0.2, -0.15) is 0 Å². The summed E-state index contributed by atoms with van der Waals surface area (Å²) in [5.74, 6) is 0.912. The van der Waals surface area contributed by atoms with E-state index in [1.165, 1.54) is 51.4 Å². The summed E-state index contributed by atoms with van der Waals surface area (Å²) in [4.78, 5) is 9.00. The summed E-state index contributed by atoms with van der Waals surface area (Å²) in [5, 5.41) is 0. The smallest absolute Gasteiger partial charge is 0.134 e. The van der Waals surface area contributed by atoms with Gasteiger partial charge in [-0.1, -0.05) is 91.4 Å². The molecular formula is C20H36N2. The summed E-state index contributed by atoms with van der Waals surface area (Å²) < 4.78 is 0. The zero-order chi connectivity index (χ0) is 16.7. The molecule has 126 valence electrons. The quantitative estimate of drug-likeness (QED) is 0.205. The Balaban J connectivity index is 4.91. The fourth-order valence-corrected chi connectivity index (χ4v) is 2.79. The van der Waals surface area contributed by atoms with E-state index in [9.17, 15) is 0 Å². The minimum Gasteiger partial charge on any atom is -0.241 e. The molecule has 0 fully saturated rings. The monoisotopic (exact) mass is 304 g/mol. The molecule has 0 saturated heterocycles. The lowest BCUT2D eigenvalue weighted by Crippen LogP contribution is -2.27. The summed E-state index contributed by atoms with van der Waals surface area (Å²) in [7, 11) is 0. The van der Waals surface area contributed by atoms with Crippen LogP contribution in [-0.2, 0) is 0 Å². The van der Waals surface area contributed by atoms with Crippen LogP contribution in [0.1, 0.15) is 85.0 Å². The zero-order valence-corrected chi connectivity index (χ0v) is 15.1. The maximum atomic E-state index is 4.54. The lowest BCUT2D eigenvalue weighted by Gasteiger charge is -2.29. The van der Waals surface area contributed by atoms with Crippen molar-refractivity contribution in [2.24, 2.45) is 15.4 Å². The van der Waals surface area contributed by atoms with Gasteiger partial charge in [0.2, 0.25) is 0 Å². The number of unbranched alkanes of at least 4 members (excludes halogenated alkanes) is 6. The summed E-state index contributed by atoms with van der Waals surface area (Å²) in [6.45, 7) is 14.3. The fourth-order valence-electron chi connectivity index (χ4n) is 2.79. The van der Waals surface area contributed by atoms with Crippen molar-refractivity contribution in [3.05, 3.63) is 25.4 Å². The van der Waals surface area contributed by atoms with E-state index in [0.717, 1.165) is 18.7 Å².